The van der Waals surface area contributed by atoms with Crippen LogP contribution in [0.2, 0.25) is 0 Å². The summed E-state index contributed by atoms with van der Waals surface area (Å²) in [7, 11) is 1.75. The maximum atomic E-state index is 11.8. The summed E-state index contributed by atoms with van der Waals surface area (Å²) in [5.74, 6) is -0.00400. The number of nitrogens with zero attached hydrogens (tertiary/aromatic N) is 1. The number of ether oxygens (including phenoxy) is 1. The van der Waals surface area contributed by atoms with Crippen LogP contribution in [0.25, 0.3) is 0 Å². The summed E-state index contributed by atoms with van der Waals surface area (Å²) in [4.78, 5) is 24.7. The van der Waals surface area contributed by atoms with Crippen LogP contribution in [-0.4, -0.2) is 49.6 Å². The van der Waals surface area contributed by atoms with Gasteiger partial charge in [-0.1, -0.05) is 29.8 Å². The van der Waals surface area contributed by atoms with Crippen LogP contribution in [0.15, 0.2) is 24.3 Å². The Morgan fingerprint density at radius 3 is 2.76 bits per heavy atom. The molecule has 0 bridgehead atoms. The summed E-state index contributed by atoms with van der Waals surface area (Å²) in [6.45, 7) is 3.12. The fourth-order valence-electron chi connectivity index (χ4n) is 2.21. The molecule has 1 aliphatic rings. The van der Waals surface area contributed by atoms with Crippen LogP contribution >= 0.6 is 0 Å². The van der Waals surface area contributed by atoms with Gasteiger partial charge < -0.3 is 15.0 Å². The fourth-order valence-corrected chi connectivity index (χ4v) is 2.21. The molecule has 0 spiro atoms. The van der Waals surface area contributed by atoms with E-state index in [0.717, 1.165) is 12.0 Å². The smallest absolute Gasteiger partial charge is 0.248 e. The topological polar surface area (TPSA) is 58.6 Å². The van der Waals surface area contributed by atoms with Crippen molar-refractivity contribution in [1.82, 2.24) is 10.2 Å². The molecule has 0 saturated carbocycles. The summed E-state index contributed by atoms with van der Waals surface area (Å²) in [6, 6.07) is 8.20. The van der Waals surface area contributed by atoms with Gasteiger partial charge in [-0.15, -0.1) is 0 Å². The molecule has 1 aromatic rings. The lowest BCUT2D eigenvalue weighted by atomic mass is 10.1. The van der Waals surface area contributed by atoms with Crippen LogP contribution in [0, 0.1) is 6.92 Å². The number of carbonyl (C=O) groups is 2. The lowest BCUT2D eigenvalue weighted by molar-refractivity contribution is -0.146. The van der Waals surface area contributed by atoms with Crippen LogP contribution in [0.4, 0.5) is 0 Å². The molecule has 0 radical (unpaired) electrons. The Bertz CT molecular complexity index is 499. The van der Waals surface area contributed by atoms with Gasteiger partial charge in [-0.3, -0.25) is 9.59 Å². The number of rotatable bonds is 5. The van der Waals surface area contributed by atoms with E-state index >= 15 is 0 Å². The van der Waals surface area contributed by atoms with Crippen LogP contribution in [0.5, 0.6) is 0 Å². The van der Waals surface area contributed by atoms with Gasteiger partial charge in [-0.2, -0.15) is 0 Å². The molecular formula is C16H22N2O3. The molecule has 1 saturated heterocycles. The summed E-state index contributed by atoms with van der Waals surface area (Å²) in [5.41, 5.74) is 2.38. The zero-order valence-corrected chi connectivity index (χ0v) is 12.6. The Balaban J connectivity index is 1.68. The van der Waals surface area contributed by atoms with Gasteiger partial charge >= 0.3 is 0 Å². The van der Waals surface area contributed by atoms with Crippen LogP contribution in [-0.2, 0) is 20.7 Å². The summed E-state index contributed by atoms with van der Waals surface area (Å²) >= 11 is 0. The van der Waals surface area contributed by atoms with E-state index in [1.165, 1.54) is 5.56 Å². The average Bonchev–Trinajstić information content (AvgIpc) is 2.48. The molecule has 1 aliphatic heterocycles. The van der Waals surface area contributed by atoms with Crippen molar-refractivity contribution < 1.29 is 14.3 Å². The fraction of sp³-hybridized carbons (Fsp3) is 0.500. The molecule has 2 amide bonds. The largest absolute Gasteiger partial charge is 0.365 e. The molecule has 1 heterocycles. The Morgan fingerprint density at radius 2 is 2.10 bits per heavy atom. The van der Waals surface area contributed by atoms with E-state index in [0.29, 0.717) is 19.5 Å². The lowest BCUT2D eigenvalue weighted by Gasteiger charge is -2.29. The monoisotopic (exact) mass is 290 g/mol. The van der Waals surface area contributed by atoms with Crippen molar-refractivity contribution in [2.24, 2.45) is 0 Å². The number of hydrogen-bond acceptors (Lipinski definition) is 3. The number of benzene rings is 1. The minimum absolute atomic E-state index is 0.0127. The van der Waals surface area contributed by atoms with Crippen molar-refractivity contribution in [2.75, 3.05) is 26.7 Å². The first-order valence-electron chi connectivity index (χ1n) is 7.22. The van der Waals surface area contributed by atoms with E-state index < -0.39 is 0 Å². The van der Waals surface area contributed by atoms with Crippen molar-refractivity contribution in [1.29, 1.82) is 0 Å². The second kappa shape index (κ2) is 7.22. The highest BCUT2D eigenvalue weighted by Crippen LogP contribution is 2.06. The molecule has 1 unspecified atom stereocenters. The number of amides is 2. The highest BCUT2D eigenvalue weighted by atomic mass is 16.5. The molecule has 21 heavy (non-hydrogen) atoms. The minimum Gasteiger partial charge on any atom is -0.365 e. The molecule has 5 nitrogen and oxygen atoms in total. The van der Waals surface area contributed by atoms with Crippen molar-refractivity contribution in [3.8, 4) is 0 Å². The van der Waals surface area contributed by atoms with Gasteiger partial charge in [0.25, 0.3) is 0 Å². The zero-order valence-electron chi connectivity index (χ0n) is 12.6. The zero-order chi connectivity index (χ0) is 15.2. The molecular weight excluding hydrogens is 268 g/mol. The number of hydrogen-bond donors (Lipinski definition) is 1. The first kappa shape index (κ1) is 15.5. The Hall–Kier alpha value is -1.88. The second-order valence-electron chi connectivity index (χ2n) is 5.50. The number of morpholine rings is 1. The van der Waals surface area contributed by atoms with E-state index in [9.17, 15) is 9.59 Å². The van der Waals surface area contributed by atoms with Crippen LogP contribution in [0.3, 0.4) is 0 Å². The molecule has 2 rings (SSSR count). The first-order chi connectivity index (χ1) is 10.0. The lowest BCUT2D eigenvalue weighted by Crippen LogP contribution is -2.48. The van der Waals surface area contributed by atoms with E-state index in [2.05, 4.69) is 17.4 Å². The second-order valence-corrected chi connectivity index (χ2v) is 5.50. The molecule has 1 atom stereocenters. The Labute approximate surface area is 125 Å². The maximum absolute atomic E-state index is 11.8. The normalized spacial score (nSPS) is 18.7. The predicted molar refractivity (Wildman–Crippen MR) is 79.9 cm³/mol. The number of aryl methyl sites for hydroxylation is 2. The maximum Gasteiger partial charge on any atom is 0.248 e. The third-order valence-corrected chi connectivity index (χ3v) is 3.63. The Kier molecular flexibility index (Phi) is 5.33. The molecule has 1 fully saturated rings. The van der Waals surface area contributed by atoms with E-state index in [1.54, 1.807) is 11.9 Å². The van der Waals surface area contributed by atoms with E-state index in [4.69, 9.17) is 4.74 Å². The quantitative estimate of drug-likeness (QED) is 0.876. The van der Waals surface area contributed by atoms with Crippen molar-refractivity contribution >= 4 is 11.8 Å². The number of carbonyl (C=O) groups excluding carboxylic acids is 2. The summed E-state index contributed by atoms with van der Waals surface area (Å²) < 4.78 is 5.38. The van der Waals surface area contributed by atoms with Crippen molar-refractivity contribution in [2.45, 2.75) is 25.9 Å². The minimum atomic E-state index is -0.115. The molecule has 0 aromatic heterocycles. The van der Waals surface area contributed by atoms with Crippen molar-refractivity contribution in [3.63, 3.8) is 0 Å². The highest BCUT2D eigenvalue weighted by Gasteiger charge is 2.23. The molecule has 5 heteroatoms. The standard InChI is InChI=1S/C16H22N2O3/c1-12-3-5-13(6-4-12)7-8-15(19)17-9-14-10-18(2)16(20)11-21-14/h3-6,14H,7-11H2,1-2H3,(H,17,19). The SMILES string of the molecule is Cc1ccc(CCC(=O)NCC2CN(C)C(=O)CO2)cc1. The summed E-state index contributed by atoms with van der Waals surface area (Å²) in [5, 5.41) is 2.87. The average molecular weight is 290 g/mol. The van der Waals surface area contributed by atoms with Crippen LogP contribution in [0.1, 0.15) is 17.5 Å². The number of nitrogens with one attached hydrogen (secondary N) is 1. The van der Waals surface area contributed by atoms with Gasteiger partial charge in [0.1, 0.15) is 6.61 Å². The first-order valence-corrected chi connectivity index (χ1v) is 7.22. The van der Waals surface area contributed by atoms with Gasteiger partial charge in [0, 0.05) is 26.6 Å². The van der Waals surface area contributed by atoms with Gasteiger partial charge in [0.05, 0.1) is 6.10 Å². The third-order valence-electron chi connectivity index (χ3n) is 3.63. The molecule has 0 aliphatic carbocycles. The van der Waals surface area contributed by atoms with E-state index in [-0.39, 0.29) is 24.5 Å². The van der Waals surface area contributed by atoms with Gasteiger partial charge in [0.2, 0.25) is 11.8 Å². The van der Waals surface area contributed by atoms with Crippen molar-refractivity contribution in [3.05, 3.63) is 35.4 Å². The third kappa shape index (κ3) is 4.86. The summed E-state index contributed by atoms with van der Waals surface area (Å²) in [6.07, 6.45) is 1.08. The number of likely N-dealkylation sites (N-methyl/N-ethyl adjacent to an activating group) is 1. The van der Waals surface area contributed by atoms with Gasteiger partial charge in [0.15, 0.2) is 0 Å². The molecule has 114 valence electrons. The Morgan fingerprint density at radius 1 is 1.38 bits per heavy atom. The van der Waals surface area contributed by atoms with Crippen LogP contribution < -0.4 is 5.32 Å². The highest BCUT2D eigenvalue weighted by molar-refractivity contribution is 5.78. The van der Waals surface area contributed by atoms with E-state index in [1.807, 2.05) is 19.1 Å². The van der Waals surface area contributed by atoms with Gasteiger partial charge in [-0.25, -0.2) is 0 Å². The predicted octanol–water partition coefficient (Wildman–Crippen LogP) is 0.901. The molecule has 1 aromatic carbocycles. The van der Waals surface area contributed by atoms with Gasteiger partial charge in [-0.05, 0) is 18.9 Å². The molecule has 1 N–H and O–H groups in total.